The number of alkyl halides is 1. The predicted molar refractivity (Wildman–Crippen MR) is 68.7 cm³/mol. The molecular weight excluding hydrogens is 255 g/mol. The molecule has 0 atom stereocenters. The largest absolute Gasteiger partial charge is 0.494 e. The molecule has 0 amide bonds. The first kappa shape index (κ1) is 11.8. The van der Waals surface area contributed by atoms with Crippen molar-refractivity contribution in [2.45, 2.75) is 31.2 Å². The highest BCUT2D eigenvalue weighted by molar-refractivity contribution is 6.16. The van der Waals surface area contributed by atoms with E-state index in [0.717, 1.165) is 24.2 Å². The normalized spacial score (nSPS) is 15.9. The van der Waals surface area contributed by atoms with Gasteiger partial charge in [0, 0.05) is 18.2 Å². The minimum absolute atomic E-state index is 0.254. The quantitative estimate of drug-likeness (QED) is 0.795. The first-order valence-electron chi connectivity index (χ1n) is 6.05. The standard InChI is InChI=1S/C13H14ClFN2O/c1-18-12-6-11-10(5-9(12)15)16-13(7-14)17(11)8-3-2-4-8/h5-6,8H,2-4,7H2,1H3. The molecule has 1 aromatic carbocycles. The SMILES string of the molecule is COc1cc2c(cc1F)nc(CCl)n2C1CCC1. The van der Waals surface area contributed by atoms with Gasteiger partial charge in [0.1, 0.15) is 5.82 Å². The highest BCUT2D eigenvalue weighted by Gasteiger charge is 2.25. The molecule has 1 heterocycles. The van der Waals surface area contributed by atoms with Gasteiger partial charge in [-0.15, -0.1) is 11.6 Å². The maximum absolute atomic E-state index is 13.7. The van der Waals surface area contributed by atoms with Crippen LogP contribution in [0.4, 0.5) is 4.39 Å². The Balaban J connectivity index is 2.23. The second-order valence-electron chi connectivity index (χ2n) is 4.59. The van der Waals surface area contributed by atoms with Crippen LogP contribution in [-0.4, -0.2) is 16.7 Å². The molecule has 1 aliphatic rings. The topological polar surface area (TPSA) is 27.1 Å². The molecule has 0 bridgehead atoms. The third-order valence-corrected chi connectivity index (χ3v) is 3.83. The van der Waals surface area contributed by atoms with Gasteiger partial charge < -0.3 is 9.30 Å². The van der Waals surface area contributed by atoms with E-state index in [1.54, 1.807) is 6.07 Å². The van der Waals surface area contributed by atoms with Crippen molar-refractivity contribution in [1.29, 1.82) is 0 Å². The molecule has 1 aliphatic carbocycles. The molecule has 5 heteroatoms. The lowest BCUT2D eigenvalue weighted by Gasteiger charge is -2.29. The molecule has 1 fully saturated rings. The molecule has 0 aliphatic heterocycles. The smallest absolute Gasteiger partial charge is 0.167 e. The average Bonchev–Trinajstić information content (AvgIpc) is 2.64. The van der Waals surface area contributed by atoms with Crippen molar-refractivity contribution in [1.82, 2.24) is 9.55 Å². The van der Waals surface area contributed by atoms with Crippen LogP contribution in [0, 0.1) is 5.82 Å². The van der Waals surface area contributed by atoms with Crippen molar-refractivity contribution in [2.75, 3.05) is 7.11 Å². The number of hydrogen-bond acceptors (Lipinski definition) is 2. The number of rotatable bonds is 3. The van der Waals surface area contributed by atoms with Crippen molar-refractivity contribution >= 4 is 22.6 Å². The van der Waals surface area contributed by atoms with Crippen LogP contribution in [0.25, 0.3) is 11.0 Å². The van der Waals surface area contributed by atoms with E-state index in [1.807, 2.05) is 0 Å². The lowest BCUT2D eigenvalue weighted by molar-refractivity contribution is 0.315. The van der Waals surface area contributed by atoms with E-state index < -0.39 is 0 Å². The molecule has 2 aromatic rings. The summed E-state index contributed by atoms with van der Waals surface area (Å²) in [7, 11) is 1.47. The van der Waals surface area contributed by atoms with Gasteiger partial charge >= 0.3 is 0 Å². The fourth-order valence-corrected chi connectivity index (χ4v) is 2.64. The van der Waals surface area contributed by atoms with E-state index in [4.69, 9.17) is 16.3 Å². The van der Waals surface area contributed by atoms with Crippen LogP contribution < -0.4 is 4.74 Å². The molecule has 0 N–H and O–H groups in total. The van der Waals surface area contributed by atoms with E-state index in [-0.39, 0.29) is 11.6 Å². The minimum Gasteiger partial charge on any atom is -0.494 e. The van der Waals surface area contributed by atoms with Crippen molar-refractivity contribution in [3.05, 3.63) is 23.8 Å². The van der Waals surface area contributed by atoms with Crippen molar-refractivity contribution in [3.8, 4) is 5.75 Å². The zero-order valence-corrected chi connectivity index (χ0v) is 10.9. The Bertz CT molecular complexity index is 592. The number of halogens is 2. The Morgan fingerprint density at radius 3 is 2.83 bits per heavy atom. The highest BCUT2D eigenvalue weighted by Crippen LogP contribution is 2.37. The number of hydrogen-bond donors (Lipinski definition) is 0. The number of methoxy groups -OCH3 is 1. The molecule has 3 rings (SSSR count). The molecule has 1 saturated carbocycles. The molecule has 3 nitrogen and oxygen atoms in total. The molecule has 0 saturated heterocycles. The molecule has 0 unspecified atom stereocenters. The average molecular weight is 269 g/mol. The van der Waals surface area contributed by atoms with Gasteiger partial charge in [-0.05, 0) is 19.3 Å². The van der Waals surface area contributed by atoms with E-state index in [1.165, 1.54) is 19.6 Å². The summed E-state index contributed by atoms with van der Waals surface area (Å²) in [5.41, 5.74) is 1.56. The summed E-state index contributed by atoms with van der Waals surface area (Å²) < 4.78 is 20.8. The Morgan fingerprint density at radius 1 is 1.50 bits per heavy atom. The number of imidazole rings is 1. The van der Waals surface area contributed by atoms with Crippen molar-refractivity contribution in [2.24, 2.45) is 0 Å². The zero-order valence-electron chi connectivity index (χ0n) is 10.1. The van der Waals surface area contributed by atoms with Gasteiger partial charge in [0.15, 0.2) is 11.6 Å². The van der Waals surface area contributed by atoms with Crippen LogP contribution in [0.2, 0.25) is 0 Å². The Morgan fingerprint density at radius 2 is 2.28 bits per heavy atom. The van der Waals surface area contributed by atoms with Gasteiger partial charge in [-0.25, -0.2) is 9.37 Å². The van der Waals surface area contributed by atoms with Gasteiger partial charge in [-0.1, -0.05) is 0 Å². The van der Waals surface area contributed by atoms with Gasteiger partial charge in [0.25, 0.3) is 0 Å². The van der Waals surface area contributed by atoms with Crippen LogP contribution in [-0.2, 0) is 5.88 Å². The number of ether oxygens (including phenoxy) is 1. The fraction of sp³-hybridized carbons (Fsp3) is 0.462. The number of fused-ring (bicyclic) bond motifs is 1. The predicted octanol–water partition coefficient (Wildman–Crippen LogP) is 3.65. The summed E-state index contributed by atoms with van der Waals surface area (Å²) in [5.74, 6) is 1.02. The lowest BCUT2D eigenvalue weighted by atomic mass is 9.92. The summed E-state index contributed by atoms with van der Waals surface area (Å²) in [6, 6.07) is 3.57. The minimum atomic E-state index is -0.385. The first-order valence-corrected chi connectivity index (χ1v) is 6.58. The summed E-state index contributed by atoms with van der Waals surface area (Å²) in [5, 5.41) is 0. The van der Waals surface area contributed by atoms with Crippen LogP contribution in [0.5, 0.6) is 5.75 Å². The van der Waals surface area contributed by atoms with Gasteiger partial charge in [-0.2, -0.15) is 0 Å². The van der Waals surface area contributed by atoms with E-state index >= 15 is 0 Å². The van der Waals surface area contributed by atoms with Gasteiger partial charge in [-0.3, -0.25) is 0 Å². The zero-order chi connectivity index (χ0) is 12.7. The van der Waals surface area contributed by atoms with Crippen molar-refractivity contribution in [3.63, 3.8) is 0 Å². The molecule has 96 valence electrons. The van der Waals surface area contributed by atoms with Crippen LogP contribution in [0.3, 0.4) is 0 Å². The number of benzene rings is 1. The van der Waals surface area contributed by atoms with Crippen LogP contribution >= 0.6 is 11.6 Å². The summed E-state index contributed by atoms with van der Waals surface area (Å²) in [4.78, 5) is 4.41. The second kappa shape index (κ2) is 4.43. The molecular formula is C13H14ClFN2O. The summed E-state index contributed by atoms with van der Waals surface area (Å²) in [6.45, 7) is 0. The van der Waals surface area contributed by atoms with E-state index in [2.05, 4.69) is 9.55 Å². The van der Waals surface area contributed by atoms with E-state index in [9.17, 15) is 4.39 Å². The first-order chi connectivity index (χ1) is 8.74. The number of aromatic nitrogens is 2. The lowest BCUT2D eigenvalue weighted by Crippen LogP contribution is -2.18. The molecule has 18 heavy (non-hydrogen) atoms. The van der Waals surface area contributed by atoms with Crippen LogP contribution in [0.15, 0.2) is 12.1 Å². The summed E-state index contributed by atoms with van der Waals surface area (Å²) >= 11 is 5.93. The van der Waals surface area contributed by atoms with Crippen LogP contribution in [0.1, 0.15) is 31.1 Å². The van der Waals surface area contributed by atoms with Gasteiger partial charge in [0.05, 0.1) is 24.0 Å². The maximum atomic E-state index is 13.7. The Kier molecular flexibility index (Phi) is 2.90. The summed E-state index contributed by atoms with van der Waals surface area (Å²) in [6.07, 6.45) is 3.49. The molecule has 0 radical (unpaired) electrons. The Labute approximate surface area is 110 Å². The fourth-order valence-electron chi connectivity index (χ4n) is 2.45. The monoisotopic (exact) mass is 268 g/mol. The Hall–Kier alpha value is -1.29. The van der Waals surface area contributed by atoms with Crippen molar-refractivity contribution < 1.29 is 9.13 Å². The maximum Gasteiger partial charge on any atom is 0.167 e. The number of nitrogens with zero attached hydrogens (tertiary/aromatic N) is 2. The highest BCUT2D eigenvalue weighted by atomic mass is 35.5. The third kappa shape index (κ3) is 1.67. The molecule has 0 spiro atoms. The second-order valence-corrected chi connectivity index (χ2v) is 4.86. The third-order valence-electron chi connectivity index (χ3n) is 3.60. The van der Waals surface area contributed by atoms with Gasteiger partial charge in [0.2, 0.25) is 0 Å². The van der Waals surface area contributed by atoms with E-state index in [0.29, 0.717) is 17.4 Å². The molecule has 1 aromatic heterocycles.